The smallest absolute Gasteiger partial charge is 0.0919 e. The van der Waals surface area contributed by atoms with Gasteiger partial charge in [-0.2, -0.15) is 0 Å². The van der Waals surface area contributed by atoms with Crippen LogP contribution < -0.4 is 0 Å². The first-order chi connectivity index (χ1) is 8.68. The van der Waals surface area contributed by atoms with Gasteiger partial charge in [0.1, 0.15) is 0 Å². The van der Waals surface area contributed by atoms with Crippen molar-refractivity contribution in [1.29, 1.82) is 0 Å². The summed E-state index contributed by atoms with van der Waals surface area (Å²) < 4.78 is 5.42. The molecule has 1 aromatic rings. The van der Waals surface area contributed by atoms with E-state index in [4.69, 9.17) is 4.74 Å². The molecule has 1 aliphatic carbocycles. The molecule has 0 radical (unpaired) electrons. The van der Waals surface area contributed by atoms with E-state index in [1.807, 2.05) is 6.92 Å². The zero-order valence-electron chi connectivity index (χ0n) is 11.1. The lowest BCUT2D eigenvalue weighted by Crippen LogP contribution is -2.32. The largest absolute Gasteiger partial charge is 0.385 e. The van der Waals surface area contributed by atoms with Gasteiger partial charge in [-0.25, -0.2) is 0 Å². The fraction of sp³-hybridized carbons (Fsp3) is 0.625. The maximum absolute atomic E-state index is 10.8. The monoisotopic (exact) mass is 246 g/mol. The Hall–Kier alpha value is -0.860. The van der Waals surface area contributed by atoms with Crippen molar-refractivity contribution in [2.24, 2.45) is 5.92 Å². The van der Waals surface area contributed by atoms with Gasteiger partial charge in [-0.3, -0.25) is 0 Å². The summed E-state index contributed by atoms with van der Waals surface area (Å²) in [6, 6.07) is 6.56. The van der Waals surface area contributed by atoms with Crippen LogP contribution >= 0.6 is 0 Å². The Morgan fingerprint density at radius 3 is 2.72 bits per heavy atom. The van der Waals surface area contributed by atoms with Gasteiger partial charge in [0.05, 0.1) is 12.2 Å². The van der Waals surface area contributed by atoms with Crippen molar-refractivity contribution in [3.63, 3.8) is 0 Å². The normalized spacial score (nSPS) is 26.7. The zero-order chi connectivity index (χ0) is 12.6. The Balaban J connectivity index is 1.91. The van der Waals surface area contributed by atoms with E-state index in [2.05, 4.69) is 18.2 Å². The van der Waals surface area contributed by atoms with Gasteiger partial charge >= 0.3 is 0 Å². The van der Waals surface area contributed by atoms with E-state index in [-0.39, 0.29) is 5.92 Å². The maximum atomic E-state index is 10.8. The first-order valence-electron chi connectivity index (χ1n) is 7.10. The van der Waals surface area contributed by atoms with Crippen LogP contribution in [-0.4, -0.2) is 18.3 Å². The molecule has 1 heterocycles. The fourth-order valence-electron chi connectivity index (χ4n) is 3.26. The topological polar surface area (TPSA) is 29.5 Å². The second-order valence-electron chi connectivity index (χ2n) is 5.90. The molecule has 1 saturated heterocycles. The molecule has 18 heavy (non-hydrogen) atoms. The highest BCUT2D eigenvalue weighted by atomic mass is 16.5. The van der Waals surface area contributed by atoms with Gasteiger partial charge < -0.3 is 9.84 Å². The van der Waals surface area contributed by atoms with E-state index in [0.717, 1.165) is 18.6 Å². The molecular formula is C16H22O2. The number of hydrogen-bond acceptors (Lipinski definition) is 2. The highest BCUT2D eigenvalue weighted by Crippen LogP contribution is 2.36. The third kappa shape index (κ3) is 2.08. The Morgan fingerprint density at radius 2 is 2.00 bits per heavy atom. The molecule has 2 heteroatoms. The number of rotatable bonds is 2. The summed E-state index contributed by atoms with van der Waals surface area (Å²) in [5.74, 6) is 0.235. The van der Waals surface area contributed by atoms with Gasteiger partial charge in [0.2, 0.25) is 0 Å². The quantitative estimate of drug-likeness (QED) is 0.869. The molecule has 2 aliphatic rings. The van der Waals surface area contributed by atoms with Gasteiger partial charge in [-0.1, -0.05) is 18.2 Å². The number of benzene rings is 1. The molecule has 0 spiro atoms. The van der Waals surface area contributed by atoms with Crippen LogP contribution in [0.5, 0.6) is 0 Å². The van der Waals surface area contributed by atoms with Crippen molar-refractivity contribution in [3.05, 3.63) is 34.9 Å². The van der Waals surface area contributed by atoms with Gasteiger partial charge in [-0.05, 0) is 55.7 Å². The third-order valence-electron chi connectivity index (χ3n) is 4.66. The summed E-state index contributed by atoms with van der Waals surface area (Å²) in [6.45, 7) is 3.41. The summed E-state index contributed by atoms with van der Waals surface area (Å²) in [6.07, 6.45) is 5.92. The first kappa shape index (κ1) is 12.2. The van der Waals surface area contributed by atoms with E-state index >= 15 is 0 Å². The van der Waals surface area contributed by atoms with E-state index in [1.165, 1.54) is 36.8 Å². The predicted octanol–water partition coefficient (Wildman–Crippen LogP) is 2.81. The SMILES string of the molecule is CC(O)(c1ccc2c(c1)CCCC2)C1CCOC1. The molecule has 2 unspecified atom stereocenters. The fourth-order valence-corrected chi connectivity index (χ4v) is 3.26. The van der Waals surface area contributed by atoms with Crippen molar-refractivity contribution < 1.29 is 9.84 Å². The second-order valence-corrected chi connectivity index (χ2v) is 5.90. The van der Waals surface area contributed by atoms with Gasteiger partial charge in [0.15, 0.2) is 0 Å². The molecule has 1 aliphatic heterocycles. The van der Waals surface area contributed by atoms with E-state index in [9.17, 15) is 5.11 Å². The lowest BCUT2D eigenvalue weighted by Gasteiger charge is -2.31. The summed E-state index contributed by atoms with van der Waals surface area (Å²) >= 11 is 0. The summed E-state index contributed by atoms with van der Waals surface area (Å²) in [5, 5.41) is 10.8. The molecule has 2 atom stereocenters. The first-order valence-corrected chi connectivity index (χ1v) is 7.10. The van der Waals surface area contributed by atoms with Crippen molar-refractivity contribution in [2.75, 3.05) is 13.2 Å². The molecule has 1 aromatic carbocycles. The van der Waals surface area contributed by atoms with Gasteiger partial charge in [-0.15, -0.1) is 0 Å². The number of aliphatic hydroxyl groups is 1. The number of ether oxygens (including phenoxy) is 1. The van der Waals surface area contributed by atoms with Crippen LogP contribution in [0.15, 0.2) is 18.2 Å². The van der Waals surface area contributed by atoms with Crippen molar-refractivity contribution in [3.8, 4) is 0 Å². The minimum absolute atomic E-state index is 0.235. The lowest BCUT2D eigenvalue weighted by molar-refractivity contribution is -0.00979. The highest BCUT2D eigenvalue weighted by Gasteiger charge is 2.36. The van der Waals surface area contributed by atoms with Crippen LogP contribution in [0.1, 0.15) is 42.9 Å². The van der Waals surface area contributed by atoms with Crippen molar-refractivity contribution >= 4 is 0 Å². The number of hydrogen-bond donors (Lipinski definition) is 1. The van der Waals surface area contributed by atoms with Crippen LogP contribution in [0.25, 0.3) is 0 Å². The Bertz CT molecular complexity index is 431. The van der Waals surface area contributed by atoms with Crippen LogP contribution in [0, 0.1) is 5.92 Å². The van der Waals surface area contributed by atoms with Crippen LogP contribution in [-0.2, 0) is 23.2 Å². The Labute approximate surface area is 109 Å². The van der Waals surface area contributed by atoms with Crippen LogP contribution in [0.3, 0.4) is 0 Å². The standard InChI is InChI=1S/C16H22O2/c1-16(17,15-8-9-18-11-15)14-7-6-12-4-2-3-5-13(12)10-14/h6-7,10,15,17H,2-5,8-9,11H2,1H3. The predicted molar refractivity (Wildman–Crippen MR) is 71.6 cm³/mol. The molecule has 3 rings (SSSR count). The minimum Gasteiger partial charge on any atom is -0.385 e. The molecule has 1 N–H and O–H groups in total. The van der Waals surface area contributed by atoms with Gasteiger partial charge in [0.25, 0.3) is 0 Å². The summed E-state index contributed by atoms with van der Waals surface area (Å²) in [4.78, 5) is 0. The van der Waals surface area contributed by atoms with Crippen LogP contribution in [0.2, 0.25) is 0 Å². The van der Waals surface area contributed by atoms with Gasteiger partial charge in [0, 0.05) is 12.5 Å². The van der Waals surface area contributed by atoms with Crippen molar-refractivity contribution in [1.82, 2.24) is 0 Å². The zero-order valence-corrected chi connectivity index (χ0v) is 11.1. The average Bonchev–Trinajstić information content (AvgIpc) is 2.92. The summed E-state index contributed by atoms with van der Waals surface area (Å²) in [7, 11) is 0. The van der Waals surface area contributed by atoms with Crippen LogP contribution in [0.4, 0.5) is 0 Å². The van der Waals surface area contributed by atoms with E-state index in [1.54, 1.807) is 0 Å². The molecule has 2 nitrogen and oxygen atoms in total. The minimum atomic E-state index is -0.747. The van der Waals surface area contributed by atoms with E-state index in [0.29, 0.717) is 6.61 Å². The molecule has 98 valence electrons. The number of fused-ring (bicyclic) bond motifs is 1. The molecule has 0 amide bonds. The molecular weight excluding hydrogens is 224 g/mol. The second kappa shape index (κ2) is 4.67. The highest BCUT2D eigenvalue weighted by molar-refractivity contribution is 5.36. The molecule has 0 bridgehead atoms. The Morgan fingerprint density at radius 1 is 1.22 bits per heavy atom. The van der Waals surface area contributed by atoms with E-state index < -0.39 is 5.60 Å². The average molecular weight is 246 g/mol. The Kier molecular flexibility index (Phi) is 3.16. The molecule has 0 saturated carbocycles. The third-order valence-corrected chi connectivity index (χ3v) is 4.66. The number of aryl methyl sites for hydroxylation is 2. The summed E-state index contributed by atoms with van der Waals surface area (Å²) in [5.41, 5.74) is 3.24. The maximum Gasteiger partial charge on any atom is 0.0919 e. The lowest BCUT2D eigenvalue weighted by atomic mass is 9.80. The molecule has 1 fully saturated rings. The molecule has 0 aromatic heterocycles. The van der Waals surface area contributed by atoms with Crippen molar-refractivity contribution in [2.45, 2.75) is 44.6 Å².